The van der Waals surface area contributed by atoms with E-state index < -0.39 is 10.0 Å². The Morgan fingerprint density at radius 2 is 1.67 bits per heavy atom. The summed E-state index contributed by atoms with van der Waals surface area (Å²) in [7, 11) is -3.40. The average molecular weight is 322 g/mol. The molecule has 1 aromatic carbocycles. The number of benzene rings is 1. The molecule has 2 heterocycles. The molecule has 21 heavy (non-hydrogen) atoms. The fraction of sp³-hybridized carbons (Fsp3) is 0.333. The lowest BCUT2D eigenvalue weighted by atomic mass is 10.0. The molecule has 0 atom stereocenters. The van der Waals surface area contributed by atoms with Crippen molar-refractivity contribution in [2.24, 2.45) is 5.73 Å². The number of rotatable bonds is 3. The smallest absolute Gasteiger partial charge is 0.252 e. The van der Waals surface area contributed by atoms with E-state index in [9.17, 15) is 8.42 Å². The zero-order valence-electron chi connectivity index (χ0n) is 11.7. The summed E-state index contributed by atoms with van der Waals surface area (Å²) in [6, 6.07) is 11.7. The van der Waals surface area contributed by atoms with Crippen LogP contribution in [-0.2, 0) is 29.4 Å². The van der Waals surface area contributed by atoms with Gasteiger partial charge in [-0.3, -0.25) is 0 Å². The third kappa shape index (κ3) is 2.89. The number of hydrogen-bond acceptors (Lipinski definition) is 4. The van der Waals surface area contributed by atoms with Gasteiger partial charge in [-0.25, -0.2) is 8.42 Å². The van der Waals surface area contributed by atoms with Crippen LogP contribution in [-0.4, -0.2) is 25.8 Å². The van der Waals surface area contributed by atoms with Gasteiger partial charge in [-0.2, -0.15) is 4.31 Å². The SMILES string of the molecule is NCc1ccc(S(=O)(=O)N2CCc3ccccc3CC2)s1. The lowest BCUT2D eigenvalue weighted by Crippen LogP contribution is -2.32. The highest BCUT2D eigenvalue weighted by atomic mass is 32.2. The third-order valence-corrected chi connectivity index (χ3v) is 7.29. The number of hydrogen-bond donors (Lipinski definition) is 1. The van der Waals surface area contributed by atoms with Gasteiger partial charge in [0.1, 0.15) is 4.21 Å². The van der Waals surface area contributed by atoms with E-state index in [0.717, 1.165) is 17.7 Å². The summed E-state index contributed by atoms with van der Waals surface area (Å²) in [4.78, 5) is 0.895. The predicted molar refractivity (Wildman–Crippen MR) is 84.8 cm³/mol. The molecule has 1 aliphatic rings. The van der Waals surface area contributed by atoms with Gasteiger partial charge in [-0.05, 0) is 36.1 Å². The Balaban J connectivity index is 1.84. The molecule has 0 saturated carbocycles. The number of nitrogens with zero attached hydrogens (tertiary/aromatic N) is 1. The van der Waals surface area contributed by atoms with Crippen molar-refractivity contribution in [2.45, 2.75) is 23.6 Å². The minimum Gasteiger partial charge on any atom is -0.326 e. The zero-order chi connectivity index (χ0) is 14.9. The molecule has 2 N–H and O–H groups in total. The fourth-order valence-electron chi connectivity index (χ4n) is 2.62. The average Bonchev–Trinajstić information content (AvgIpc) is 2.87. The van der Waals surface area contributed by atoms with E-state index >= 15 is 0 Å². The Hall–Kier alpha value is -1.21. The van der Waals surface area contributed by atoms with Crippen molar-refractivity contribution >= 4 is 21.4 Å². The van der Waals surface area contributed by atoms with Crippen LogP contribution >= 0.6 is 11.3 Å². The van der Waals surface area contributed by atoms with Crippen LogP contribution in [0.1, 0.15) is 16.0 Å². The summed E-state index contributed by atoms with van der Waals surface area (Å²) in [5, 5.41) is 0. The van der Waals surface area contributed by atoms with E-state index in [0.29, 0.717) is 23.8 Å². The molecule has 0 unspecified atom stereocenters. The molecule has 1 aromatic heterocycles. The molecule has 4 nitrogen and oxygen atoms in total. The van der Waals surface area contributed by atoms with Crippen molar-refractivity contribution in [2.75, 3.05) is 13.1 Å². The number of fused-ring (bicyclic) bond motifs is 1. The van der Waals surface area contributed by atoms with Gasteiger partial charge in [0, 0.05) is 24.5 Å². The van der Waals surface area contributed by atoms with Crippen LogP contribution in [0.15, 0.2) is 40.6 Å². The Bertz CT molecular complexity index is 711. The summed E-state index contributed by atoms with van der Waals surface area (Å²) in [6.07, 6.45) is 1.54. The van der Waals surface area contributed by atoms with Crippen LogP contribution in [0.4, 0.5) is 0 Å². The molecular weight excluding hydrogens is 304 g/mol. The molecule has 3 rings (SSSR count). The maximum absolute atomic E-state index is 12.7. The zero-order valence-corrected chi connectivity index (χ0v) is 13.3. The van der Waals surface area contributed by atoms with Crippen LogP contribution in [0.2, 0.25) is 0 Å². The fourth-order valence-corrected chi connectivity index (χ4v) is 5.45. The van der Waals surface area contributed by atoms with E-state index in [-0.39, 0.29) is 0 Å². The summed E-state index contributed by atoms with van der Waals surface area (Å²) < 4.78 is 27.4. The van der Waals surface area contributed by atoms with Gasteiger partial charge in [0.15, 0.2) is 0 Å². The first-order valence-electron chi connectivity index (χ1n) is 6.97. The third-order valence-electron chi connectivity index (χ3n) is 3.81. The standard InChI is InChI=1S/C15H18N2O2S2/c16-11-14-5-6-15(20-14)21(18,19)17-9-7-12-3-1-2-4-13(12)8-10-17/h1-6H,7-11,16H2. The Morgan fingerprint density at radius 3 is 2.19 bits per heavy atom. The Kier molecular flexibility index (Phi) is 4.12. The molecule has 0 spiro atoms. The van der Waals surface area contributed by atoms with Gasteiger partial charge < -0.3 is 5.73 Å². The van der Waals surface area contributed by atoms with Gasteiger partial charge in [0.2, 0.25) is 0 Å². The topological polar surface area (TPSA) is 63.4 Å². The number of sulfonamides is 1. The summed E-state index contributed by atoms with van der Waals surface area (Å²) in [6.45, 7) is 1.45. The molecule has 0 aliphatic carbocycles. The second-order valence-corrected chi connectivity index (χ2v) is 8.43. The number of nitrogens with two attached hydrogens (primary N) is 1. The first kappa shape index (κ1) is 14.7. The maximum Gasteiger partial charge on any atom is 0.252 e. The van der Waals surface area contributed by atoms with Crippen molar-refractivity contribution in [3.8, 4) is 0 Å². The highest BCUT2D eigenvalue weighted by Crippen LogP contribution is 2.26. The van der Waals surface area contributed by atoms with Crippen molar-refractivity contribution in [1.82, 2.24) is 4.31 Å². The van der Waals surface area contributed by atoms with Crippen molar-refractivity contribution < 1.29 is 8.42 Å². The van der Waals surface area contributed by atoms with Gasteiger partial charge in [0.05, 0.1) is 0 Å². The Morgan fingerprint density at radius 1 is 1.05 bits per heavy atom. The number of thiophene rings is 1. The van der Waals surface area contributed by atoms with Gasteiger partial charge in [0.25, 0.3) is 10.0 Å². The van der Waals surface area contributed by atoms with Gasteiger partial charge in [-0.15, -0.1) is 11.3 Å². The molecule has 0 radical (unpaired) electrons. The van der Waals surface area contributed by atoms with Crippen molar-refractivity contribution in [1.29, 1.82) is 0 Å². The molecular formula is C15H18N2O2S2. The van der Waals surface area contributed by atoms with Crippen LogP contribution in [0.3, 0.4) is 0 Å². The van der Waals surface area contributed by atoms with E-state index in [2.05, 4.69) is 12.1 Å². The molecule has 0 fully saturated rings. The quantitative estimate of drug-likeness (QED) is 0.940. The van der Waals surface area contributed by atoms with Crippen LogP contribution < -0.4 is 5.73 Å². The van der Waals surface area contributed by atoms with Gasteiger partial charge in [-0.1, -0.05) is 24.3 Å². The van der Waals surface area contributed by atoms with E-state index in [4.69, 9.17) is 5.73 Å². The van der Waals surface area contributed by atoms with Crippen molar-refractivity contribution in [3.05, 3.63) is 52.4 Å². The molecule has 6 heteroatoms. The maximum atomic E-state index is 12.7. The molecule has 112 valence electrons. The first-order valence-corrected chi connectivity index (χ1v) is 9.22. The summed E-state index contributed by atoms with van der Waals surface area (Å²) in [5.41, 5.74) is 8.08. The predicted octanol–water partition coefficient (Wildman–Crippen LogP) is 2.00. The molecule has 2 aromatic rings. The van der Waals surface area contributed by atoms with Crippen LogP contribution in [0.25, 0.3) is 0 Å². The lowest BCUT2D eigenvalue weighted by molar-refractivity contribution is 0.428. The molecule has 0 bridgehead atoms. The van der Waals surface area contributed by atoms with Crippen molar-refractivity contribution in [3.63, 3.8) is 0 Å². The first-order chi connectivity index (χ1) is 10.1. The van der Waals surface area contributed by atoms with E-state index in [1.165, 1.54) is 22.5 Å². The van der Waals surface area contributed by atoms with Crippen LogP contribution in [0, 0.1) is 0 Å². The highest BCUT2D eigenvalue weighted by molar-refractivity contribution is 7.91. The lowest BCUT2D eigenvalue weighted by Gasteiger charge is -2.18. The molecule has 1 aliphatic heterocycles. The molecule has 0 saturated heterocycles. The van der Waals surface area contributed by atoms with Crippen LogP contribution in [0.5, 0.6) is 0 Å². The Labute approximate surface area is 129 Å². The van der Waals surface area contributed by atoms with Gasteiger partial charge >= 0.3 is 0 Å². The normalized spacial score (nSPS) is 16.4. The monoisotopic (exact) mass is 322 g/mol. The minimum absolute atomic E-state index is 0.381. The highest BCUT2D eigenvalue weighted by Gasteiger charge is 2.27. The van der Waals surface area contributed by atoms with E-state index in [1.807, 2.05) is 12.1 Å². The summed E-state index contributed by atoms with van der Waals surface area (Å²) in [5.74, 6) is 0. The second kappa shape index (κ2) is 5.88. The van der Waals surface area contributed by atoms with E-state index in [1.54, 1.807) is 16.4 Å². The minimum atomic E-state index is -3.40. The summed E-state index contributed by atoms with van der Waals surface area (Å²) >= 11 is 1.27. The molecule has 0 amide bonds. The second-order valence-electron chi connectivity index (χ2n) is 5.10. The largest absolute Gasteiger partial charge is 0.326 e.